The van der Waals surface area contributed by atoms with E-state index < -0.39 is 0 Å². The minimum Gasteiger partial charge on any atom is -0.482 e. The fourth-order valence-electron chi connectivity index (χ4n) is 8.26. The number of amides is 2. The first kappa shape index (κ1) is 39.5. The molecule has 4 aromatic carbocycles. The molecule has 0 saturated carbocycles. The Kier molecular flexibility index (Phi) is 11.9. The van der Waals surface area contributed by atoms with Crippen LogP contribution in [0, 0.1) is 0 Å². The van der Waals surface area contributed by atoms with Crippen molar-refractivity contribution in [3.8, 4) is 11.5 Å². The fraction of sp³-hybridized carbons (Fsp3) is 0.319. The summed E-state index contributed by atoms with van der Waals surface area (Å²) in [5, 5.41) is 8.76. The van der Waals surface area contributed by atoms with Gasteiger partial charge in [0.2, 0.25) is 0 Å². The Morgan fingerprint density at radius 1 is 0.550 bits per heavy atom. The molecule has 13 heteroatoms. The largest absolute Gasteiger partial charge is 0.482 e. The van der Waals surface area contributed by atoms with Crippen molar-refractivity contribution in [3.63, 3.8) is 0 Å². The average molecular weight is 825 g/mol. The Hall–Kier alpha value is -5.95. The molecular formula is C47H49ClN8O4. The highest BCUT2D eigenvalue weighted by Gasteiger charge is 2.21. The third kappa shape index (κ3) is 9.57. The van der Waals surface area contributed by atoms with Gasteiger partial charge in [-0.1, -0.05) is 41.9 Å². The number of para-hydroxylation sites is 1. The zero-order valence-electron chi connectivity index (χ0n) is 33.6. The van der Waals surface area contributed by atoms with E-state index in [1.807, 2.05) is 48.5 Å². The second kappa shape index (κ2) is 18.1. The van der Waals surface area contributed by atoms with Crippen molar-refractivity contribution in [3.05, 3.63) is 119 Å². The van der Waals surface area contributed by atoms with E-state index in [0.29, 0.717) is 0 Å². The lowest BCUT2D eigenvalue weighted by atomic mass is 10.1. The molecule has 6 heterocycles. The van der Waals surface area contributed by atoms with Crippen LogP contribution < -0.4 is 29.9 Å². The number of fused-ring (bicyclic) bond motifs is 4. The third-order valence-corrected chi connectivity index (χ3v) is 11.9. The van der Waals surface area contributed by atoms with Crippen LogP contribution in [0.2, 0.25) is 5.02 Å². The number of halogens is 1. The molecule has 2 saturated heterocycles. The number of aromatic nitrogens is 2. The van der Waals surface area contributed by atoms with Crippen molar-refractivity contribution in [2.75, 3.05) is 99.1 Å². The van der Waals surface area contributed by atoms with Crippen molar-refractivity contribution in [2.24, 2.45) is 0 Å². The van der Waals surface area contributed by atoms with E-state index in [4.69, 9.17) is 31.0 Å². The van der Waals surface area contributed by atoms with Gasteiger partial charge in [0.25, 0.3) is 11.8 Å². The monoisotopic (exact) mass is 824 g/mol. The minimum atomic E-state index is -0.0961. The summed E-state index contributed by atoms with van der Waals surface area (Å²) in [7, 11) is 0. The zero-order chi connectivity index (χ0) is 40.8. The number of carbonyl (C=O) groups excluding carboxylic acids is 2. The van der Waals surface area contributed by atoms with Crippen LogP contribution in [-0.2, 0) is 22.4 Å². The van der Waals surface area contributed by atoms with Crippen molar-refractivity contribution in [2.45, 2.75) is 19.3 Å². The number of ether oxygens (including phenoxy) is 2. The Bertz CT molecular complexity index is 2500. The molecule has 0 radical (unpaired) electrons. The van der Waals surface area contributed by atoms with E-state index in [1.165, 1.54) is 16.5 Å². The molecule has 2 N–H and O–H groups in total. The SMILES string of the molecule is O=C1COc2ccc(CCCN3CCN(c4ccc5ccccc5n4)CC3)cc2N1.O=C1COc2ccc(CCN3CCN(c4ccc5cc(Cl)ccc5n4)CC3)cc2N1. The molecule has 12 nitrogen and oxygen atoms in total. The smallest absolute Gasteiger partial charge is 0.262 e. The van der Waals surface area contributed by atoms with Crippen LogP contribution in [0.5, 0.6) is 11.5 Å². The van der Waals surface area contributed by atoms with Crippen LogP contribution in [0.25, 0.3) is 21.8 Å². The molecule has 4 aliphatic rings. The summed E-state index contributed by atoms with van der Waals surface area (Å²) in [5.41, 5.74) is 6.04. The molecular weight excluding hydrogens is 776 g/mol. The quantitative estimate of drug-likeness (QED) is 0.160. The second-order valence-electron chi connectivity index (χ2n) is 15.7. The molecule has 0 aliphatic carbocycles. The third-order valence-electron chi connectivity index (χ3n) is 11.6. The minimum absolute atomic E-state index is 0.0848. The Morgan fingerprint density at radius 2 is 1.10 bits per heavy atom. The topological polar surface area (TPSA) is 115 Å². The van der Waals surface area contributed by atoms with Crippen molar-refractivity contribution in [1.29, 1.82) is 0 Å². The predicted molar refractivity (Wildman–Crippen MR) is 239 cm³/mol. The van der Waals surface area contributed by atoms with E-state index >= 15 is 0 Å². The molecule has 60 heavy (non-hydrogen) atoms. The first-order valence-electron chi connectivity index (χ1n) is 20.9. The summed E-state index contributed by atoms with van der Waals surface area (Å²) in [6.07, 6.45) is 3.04. The molecule has 308 valence electrons. The molecule has 0 atom stereocenters. The van der Waals surface area contributed by atoms with E-state index in [1.54, 1.807) is 0 Å². The van der Waals surface area contributed by atoms with Gasteiger partial charge in [0.1, 0.15) is 23.1 Å². The molecule has 0 bridgehead atoms. The molecule has 0 unspecified atom stereocenters. The predicted octanol–water partition coefficient (Wildman–Crippen LogP) is 6.90. The van der Waals surface area contributed by atoms with Crippen LogP contribution in [0.4, 0.5) is 23.0 Å². The molecule has 10 rings (SSSR count). The molecule has 4 aliphatic heterocycles. The number of rotatable bonds is 9. The highest BCUT2D eigenvalue weighted by atomic mass is 35.5. The first-order chi connectivity index (χ1) is 29.4. The zero-order valence-corrected chi connectivity index (χ0v) is 34.4. The van der Waals surface area contributed by atoms with E-state index in [0.717, 1.165) is 141 Å². The number of nitrogens with zero attached hydrogens (tertiary/aromatic N) is 6. The second-order valence-corrected chi connectivity index (χ2v) is 16.2. The maximum atomic E-state index is 11.5. The van der Waals surface area contributed by atoms with Gasteiger partial charge in [0, 0.05) is 74.7 Å². The lowest BCUT2D eigenvalue weighted by molar-refractivity contribution is -0.119. The summed E-state index contributed by atoms with van der Waals surface area (Å²) in [6.45, 7) is 10.3. The van der Waals surface area contributed by atoms with Gasteiger partial charge >= 0.3 is 0 Å². The van der Waals surface area contributed by atoms with E-state index in [2.05, 4.69) is 84.8 Å². The van der Waals surface area contributed by atoms with Gasteiger partial charge in [0.15, 0.2) is 13.2 Å². The van der Waals surface area contributed by atoms with Crippen LogP contribution in [0.15, 0.2) is 103 Å². The maximum absolute atomic E-state index is 11.5. The molecule has 6 aromatic rings. The maximum Gasteiger partial charge on any atom is 0.262 e. The lowest BCUT2D eigenvalue weighted by Crippen LogP contribution is -2.47. The standard InChI is InChI=1S/C24H26N4O2.C23H23ClN4O2/c29-24-17-30-22-9-7-18(16-21(22)26-24)4-3-11-27-12-14-28(15-13-27)23-10-8-19-5-1-2-6-20(19)25-23;24-18-3-4-19-17(14-18)2-6-22(25-19)28-11-9-27(10-12-28)8-7-16-1-5-21-20(13-16)26-23(29)15-30-21/h1-2,5-10,16H,3-4,11-15,17H2,(H,26,29);1-6,13-14H,7-12,15H2,(H,26,29). The summed E-state index contributed by atoms with van der Waals surface area (Å²) in [5.74, 6) is 3.43. The van der Waals surface area contributed by atoms with Crippen LogP contribution in [0.3, 0.4) is 0 Å². The molecule has 2 aromatic heterocycles. The number of pyridine rings is 2. The van der Waals surface area contributed by atoms with Crippen molar-refractivity contribution < 1.29 is 19.1 Å². The average Bonchev–Trinajstić information content (AvgIpc) is 3.28. The number of hydrogen-bond acceptors (Lipinski definition) is 10. The van der Waals surface area contributed by atoms with Gasteiger partial charge < -0.3 is 29.9 Å². The lowest BCUT2D eigenvalue weighted by Gasteiger charge is -2.35. The normalized spacial score (nSPS) is 16.8. The van der Waals surface area contributed by atoms with Crippen LogP contribution in [-0.4, -0.2) is 110 Å². The number of hydrogen-bond donors (Lipinski definition) is 2. The highest BCUT2D eigenvalue weighted by molar-refractivity contribution is 6.31. The van der Waals surface area contributed by atoms with Crippen molar-refractivity contribution in [1.82, 2.24) is 19.8 Å². The number of anilines is 4. The number of aryl methyl sites for hydroxylation is 1. The summed E-state index contributed by atoms with van der Waals surface area (Å²) in [6, 6.07) is 34.7. The number of nitrogens with one attached hydrogen (secondary N) is 2. The Labute approximate surface area is 355 Å². The Balaban J connectivity index is 0.000000154. The van der Waals surface area contributed by atoms with Gasteiger partial charge in [-0.05, 0) is 110 Å². The number of carbonyl (C=O) groups is 2. The van der Waals surface area contributed by atoms with Gasteiger partial charge in [-0.15, -0.1) is 0 Å². The molecule has 0 spiro atoms. The van der Waals surface area contributed by atoms with E-state index in [9.17, 15) is 9.59 Å². The Morgan fingerprint density at radius 3 is 1.73 bits per heavy atom. The summed E-state index contributed by atoms with van der Waals surface area (Å²) < 4.78 is 10.9. The molecule has 2 fully saturated rings. The highest BCUT2D eigenvalue weighted by Crippen LogP contribution is 2.30. The fourth-order valence-corrected chi connectivity index (χ4v) is 8.44. The van der Waals surface area contributed by atoms with E-state index in [-0.39, 0.29) is 25.0 Å². The van der Waals surface area contributed by atoms with Gasteiger partial charge in [-0.3, -0.25) is 19.4 Å². The van der Waals surface area contributed by atoms with Gasteiger partial charge in [-0.25, -0.2) is 9.97 Å². The summed E-state index contributed by atoms with van der Waals surface area (Å²) in [4.78, 5) is 42.4. The first-order valence-corrected chi connectivity index (χ1v) is 21.2. The van der Waals surface area contributed by atoms with Crippen LogP contribution in [0.1, 0.15) is 17.5 Å². The van der Waals surface area contributed by atoms with Crippen LogP contribution >= 0.6 is 11.6 Å². The van der Waals surface area contributed by atoms with Gasteiger partial charge in [0.05, 0.1) is 22.4 Å². The van der Waals surface area contributed by atoms with Gasteiger partial charge in [-0.2, -0.15) is 0 Å². The number of benzene rings is 4. The van der Waals surface area contributed by atoms with Crippen molar-refractivity contribution >= 4 is 68.2 Å². The molecule has 2 amide bonds. The summed E-state index contributed by atoms with van der Waals surface area (Å²) >= 11 is 6.07. The number of piperazine rings is 2.